The summed E-state index contributed by atoms with van der Waals surface area (Å²) in [4.78, 5) is 3.66. The predicted molar refractivity (Wildman–Crippen MR) is 99.4 cm³/mol. The van der Waals surface area contributed by atoms with Crippen LogP contribution in [-0.4, -0.2) is 69.3 Å². The fourth-order valence-corrected chi connectivity index (χ4v) is 6.83. The van der Waals surface area contributed by atoms with Gasteiger partial charge in [-0.3, -0.25) is 0 Å². The highest BCUT2D eigenvalue weighted by molar-refractivity contribution is 7.98. The number of rotatable bonds is 5. The Morgan fingerprint density at radius 1 is 1.32 bits per heavy atom. The summed E-state index contributed by atoms with van der Waals surface area (Å²) in [6, 6.07) is 7.21. The number of sulfonamides is 1. The molecule has 0 N–H and O–H groups in total. The third-order valence-corrected chi connectivity index (χ3v) is 8.60. The van der Waals surface area contributed by atoms with Gasteiger partial charge in [0, 0.05) is 36.4 Å². The zero-order valence-electron chi connectivity index (χ0n) is 15.0. The Hall–Kier alpha value is -0.600. The van der Waals surface area contributed by atoms with E-state index < -0.39 is 10.0 Å². The van der Waals surface area contributed by atoms with Gasteiger partial charge in [-0.1, -0.05) is 0 Å². The van der Waals surface area contributed by atoms with E-state index in [-0.39, 0.29) is 5.60 Å². The van der Waals surface area contributed by atoms with E-state index in [0.717, 1.165) is 24.3 Å². The lowest BCUT2D eigenvalue weighted by molar-refractivity contribution is 0.00739. The second kappa shape index (κ2) is 6.23. The Balaban J connectivity index is 1.59. The minimum absolute atomic E-state index is 0.252. The maximum absolute atomic E-state index is 13.1. The topological polar surface area (TPSA) is 49.9 Å². The van der Waals surface area contributed by atoms with Gasteiger partial charge in [0.15, 0.2) is 0 Å². The maximum atomic E-state index is 13.1. The van der Waals surface area contributed by atoms with Crippen LogP contribution >= 0.6 is 11.8 Å². The number of thioether (sulfide) groups is 1. The summed E-state index contributed by atoms with van der Waals surface area (Å²) in [7, 11) is 0.701. The number of fused-ring (bicyclic) bond motifs is 1. The SMILES string of the molecule is CSc1ccc(S(=O)(=O)N2C[C@@H]3[C@H](CN(C)C)[C@H]4CC[C@]3(C2)O4)cc1. The molecule has 2 bridgehead atoms. The first-order valence-electron chi connectivity index (χ1n) is 8.82. The highest BCUT2D eigenvalue weighted by Crippen LogP contribution is 2.55. The molecule has 5 nitrogen and oxygen atoms in total. The number of nitrogens with zero attached hydrogens (tertiary/aromatic N) is 2. The molecule has 0 radical (unpaired) electrons. The molecule has 1 aromatic rings. The van der Waals surface area contributed by atoms with Gasteiger partial charge in [-0.05, 0) is 57.5 Å². The van der Waals surface area contributed by atoms with Gasteiger partial charge in [0.2, 0.25) is 10.0 Å². The van der Waals surface area contributed by atoms with Gasteiger partial charge in [-0.15, -0.1) is 11.8 Å². The molecular formula is C18H26N2O3S2. The van der Waals surface area contributed by atoms with E-state index in [9.17, 15) is 8.42 Å². The van der Waals surface area contributed by atoms with Crippen molar-refractivity contribution in [2.75, 3.05) is 40.0 Å². The molecule has 7 heteroatoms. The lowest BCUT2D eigenvalue weighted by atomic mass is 9.73. The number of hydrogen-bond acceptors (Lipinski definition) is 5. The fraction of sp³-hybridized carbons (Fsp3) is 0.667. The summed E-state index contributed by atoms with van der Waals surface area (Å²) in [6.45, 7) is 2.06. The lowest BCUT2D eigenvalue weighted by Gasteiger charge is -2.31. The normalized spacial score (nSPS) is 34.8. The second-order valence-corrected chi connectivity index (χ2v) is 10.6. The zero-order valence-corrected chi connectivity index (χ0v) is 16.6. The smallest absolute Gasteiger partial charge is 0.243 e. The zero-order chi connectivity index (χ0) is 17.8. The first kappa shape index (κ1) is 17.8. The van der Waals surface area contributed by atoms with Crippen LogP contribution in [0, 0.1) is 11.8 Å². The van der Waals surface area contributed by atoms with Crippen LogP contribution in [0.15, 0.2) is 34.1 Å². The van der Waals surface area contributed by atoms with E-state index in [1.807, 2.05) is 18.4 Å². The molecule has 0 amide bonds. The summed E-state index contributed by atoms with van der Waals surface area (Å²) < 4.78 is 34.3. The number of hydrogen-bond donors (Lipinski definition) is 0. The van der Waals surface area contributed by atoms with Crippen LogP contribution in [-0.2, 0) is 14.8 Å². The van der Waals surface area contributed by atoms with E-state index in [1.165, 1.54) is 0 Å². The summed E-state index contributed by atoms with van der Waals surface area (Å²) >= 11 is 1.62. The van der Waals surface area contributed by atoms with Crippen LogP contribution in [0.1, 0.15) is 12.8 Å². The second-order valence-electron chi connectivity index (χ2n) is 7.77. The quantitative estimate of drug-likeness (QED) is 0.731. The van der Waals surface area contributed by atoms with Crippen molar-refractivity contribution >= 4 is 21.8 Å². The molecule has 4 rings (SSSR count). The van der Waals surface area contributed by atoms with Crippen LogP contribution < -0.4 is 0 Å². The summed E-state index contributed by atoms with van der Waals surface area (Å²) in [5.74, 6) is 0.747. The predicted octanol–water partition coefficient (Wildman–Crippen LogP) is 2.14. The van der Waals surface area contributed by atoms with E-state index in [2.05, 4.69) is 19.0 Å². The molecule has 3 fully saturated rings. The molecule has 4 atom stereocenters. The molecule has 3 saturated heterocycles. The van der Waals surface area contributed by atoms with Crippen molar-refractivity contribution in [1.29, 1.82) is 0 Å². The van der Waals surface area contributed by atoms with E-state index >= 15 is 0 Å². The van der Waals surface area contributed by atoms with Gasteiger partial charge < -0.3 is 9.64 Å². The average molecular weight is 383 g/mol. The van der Waals surface area contributed by atoms with Crippen LogP contribution in [0.25, 0.3) is 0 Å². The van der Waals surface area contributed by atoms with Gasteiger partial charge >= 0.3 is 0 Å². The lowest BCUT2D eigenvalue weighted by Crippen LogP contribution is -2.40. The van der Waals surface area contributed by atoms with Crippen LogP contribution in [0.2, 0.25) is 0 Å². The molecule has 0 saturated carbocycles. The molecule has 138 valence electrons. The number of benzene rings is 1. The van der Waals surface area contributed by atoms with Crippen molar-refractivity contribution < 1.29 is 13.2 Å². The highest BCUT2D eigenvalue weighted by Gasteiger charge is 2.64. The maximum Gasteiger partial charge on any atom is 0.243 e. The molecule has 0 aliphatic carbocycles. The molecule has 3 aliphatic rings. The van der Waals surface area contributed by atoms with Gasteiger partial charge in [0.05, 0.1) is 16.6 Å². The number of ether oxygens (including phenoxy) is 1. The Morgan fingerprint density at radius 2 is 2.04 bits per heavy atom. The molecule has 3 aliphatic heterocycles. The van der Waals surface area contributed by atoms with Crippen molar-refractivity contribution in [3.05, 3.63) is 24.3 Å². The van der Waals surface area contributed by atoms with Crippen LogP contribution in [0.5, 0.6) is 0 Å². The van der Waals surface area contributed by atoms with Crippen LogP contribution in [0.4, 0.5) is 0 Å². The standard InChI is InChI=1S/C18H26N2O3S2/c1-19(2)10-15-16-11-20(12-18(16)9-8-17(15)23-18)25(21,22)14-6-4-13(24-3)5-7-14/h4-7,15-17H,8-12H2,1-3H3/t15-,16+,17+,18+/m0/s1. The van der Waals surface area contributed by atoms with Gasteiger partial charge in [-0.25, -0.2) is 8.42 Å². The van der Waals surface area contributed by atoms with Crippen molar-refractivity contribution in [3.63, 3.8) is 0 Å². The first-order valence-corrected chi connectivity index (χ1v) is 11.5. The van der Waals surface area contributed by atoms with Crippen molar-refractivity contribution in [2.45, 2.75) is 34.3 Å². The van der Waals surface area contributed by atoms with Gasteiger partial charge in [0.1, 0.15) is 0 Å². The summed E-state index contributed by atoms with van der Waals surface area (Å²) in [6.07, 6.45) is 4.34. The summed E-state index contributed by atoms with van der Waals surface area (Å²) in [5.41, 5.74) is -0.252. The van der Waals surface area contributed by atoms with Crippen molar-refractivity contribution in [1.82, 2.24) is 9.21 Å². The molecule has 0 aromatic heterocycles. The van der Waals surface area contributed by atoms with Crippen LogP contribution in [0.3, 0.4) is 0 Å². The van der Waals surface area contributed by atoms with Crippen molar-refractivity contribution in [2.24, 2.45) is 11.8 Å². The Kier molecular flexibility index (Phi) is 4.44. The molecular weight excluding hydrogens is 356 g/mol. The molecule has 1 spiro atoms. The Bertz CT molecular complexity index is 750. The third-order valence-electron chi connectivity index (χ3n) is 6.03. The van der Waals surface area contributed by atoms with E-state index in [4.69, 9.17) is 4.74 Å². The van der Waals surface area contributed by atoms with Gasteiger partial charge in [0.25, 0.3) is 0 Å². The van der Waals surface area contributed by atoms with Gasteiger partial charge in [-0.2, -0.15) is 4.31 Å². The molecule has 3 heterocycles. The third kappa shape index (κ3) is 2.84. The monoisotopic (exact) mass is 382 g/mol. The Morgan fingerprint density at radius 3 is 2.68 bits per heavy atom. The molecule has 0 unspecified atom stereocenters. The highest BCUT2D eigenvalue weighted by atomic mass is 32.2. The van der Waals surface area contributed by atoms with Crippen molar-refractivity contribution in [3.8, 4) is 0 Å². The molecule has 1 aromatic carbocycles. The first-order chi connectivity index (χ1) is 11.9. The fourth-order valence-electron chi connectivity index (χ4n) is 4.89. The molecule has 25 heavy (non-hydrogen) atoms. The minimum Gasteiger partial charge on any atom is -0.370 e. The van der Waals surface area contributed by atoms with E-state index in [1.54, 1.807) is 28.2 Å². The average Bonchev–Trinajstić information content (AvgIpc) is 3.24. The van der Waals surface area contributed by atoms with E-state index in [0.29, 0.717) is 35.9 Å². The Labute approximate surface area is 154 Å². The minimum atomic E-state index is -3.46. The summed E-state index contributed by atoms with van der Waals surface area (Å²) in [5, 5.41) is 0. The largest absolute Gasteiger partial charge is 0.370 e.